The molecule has 0 spiro atoms. The van der Waals surface area contributed by atoms with Crippen molar-refractivity contribution in [1.82, 2.24) is 10.2 Å². The zero-order valence-corrected chi connectivity index (χ0v) is 13.0. The summed E-state index contributed by atoms with van der Waals surface area (Å²) < 4.78 is 41.2. The van der Waals surface area contributed by atoms with Crippen LogP contribution in [0.2, 0.25) is 0 Å². The highest BCUT2D eigenvalue weighted by Crippen LogP contribution is 2.31. The first-order valence-electron chi connectivity index (χ1n) is 8.14. The predicted molar refractivity (Wildman–Crippen MR) is 81.3 cm³/mol. The van der Waals surface area contributed by atoms with Crippen LogP contribution >= 0.6 is 0 Å². The molecule has 2 aliphatic heterocycles. The maximum absolute atomic E-state index is 14.8. The number of likely N-dealkylation sites (tertiary alicyclic amines) is 1. The van der Waals surface area contributed by atoms with Gasteiger partial charge in [0.2, 0.25) is 0 Å². The van der Waals surface area contributed by atoms with Crippen molar-refractivity contribution in [3.63, 3.8) is 0 Å². The fourth-order valence-electron chi connectivity index (χ4n) is 3.37. The zero-order chi connectivity index (χ0) is 16.4. The van der Waals surface area contributed by atoms with Crippen LogP contribution in [0, 0.1) is 5.82 Å². The second kappa shape index (κ2) is 6.51. The van der Waals surface area contributed by atoms with Gasteiger partial charge in [-0.15, -0.1) is 0 Å². The van der Waals surface area contributed by atoms with E-state index in [0.717, 1.165) is 25.9 Å². The van der Waals surface area contributed by atoms with Crippen LogP contribution in [-0.4, -0.2) is 42.9 Å². The first-order chi connectivity index (χ1) is 11.0. The molecule has 3 nitrogen and oxygen atoms in total. The predicted octanol–water partition coefficient (Wildman–Crippen LogP) is 3.16. The van der Waals surface area contributed by atoms with Crippen LogP contribution in [0.4, 0.5) is 13.2 Å². The van der Waals surface area contributed by atoms with Gasteiger partial charge in [0.25, 0.3) is 11.8 Å². The number of amides is 1. The molecule has 2 fully saturated rings. The van der Waals surface area contributed by atoms with Gasteiger partial charge in [-0.05, 0) is 43.5 Å². The number of carbonyl (C=O) groups is 1. The number of rotatable bonds is 2. The summed E-state index contributed by atoms with van der Waals surface area (Å²) in [4.78, 5) is 13.8. The summed E-state index contributed by atoms with van der Waals surface area (Å²) in [7, 11) is 0. The standard InChI is InChI=1S/C17H21F3N2O/c18-15-13(12-4-8-21-9-5-12)2-1-3-14(15)16(23)22-10-6-17(19,20)7-11-22/h1-3,12,21H,4-11H2. The molecular weight excluding hydrogens is 305 g/mol. The molecule has 0 unspecified atom stereocenters. The third-order valence-electron chi connectivity index (χ3n) is 4.82. The number of carbonyl (C=O) groups excluding carboxylic acids is 1. The van der Waals surface area contributed by atoms with Crippen molar-refractivity contribution >= 4 is 5.91 Å². The third kappa shape index (κ3) is 3.52. The molecule has 6 heteroatoms. The molecule has 0 saturated carbocycles. The zero-order valence-electron chi connectivity index (χ0n) is 13.0. The molecule has 3 rings (SSSR count). The van der Waals surface area contributed by atoms with Gasteiger partial charge in [-0.3, -0.25) is 4.79 Å². The van der Waals surface area contributed by atoms with Gasteiger partial charge in [-0.2, -0.15) is 0 Å². The summed E-state index contributed by atoms with van der Waals surface area (Å²) in [6, 6.07) is 4.87. The molecule has 1 N–H and O–H groups in total. The van der Waals surface area contributed by atoms with Crippen LogP contribution in [0.5, 0.6) is 0 Å². The Labute approximate surface area is 133 Å². The maximum Gasteiger partial charge on any atom is 0.256 e. The van der Waals surface area contributed by atoms with Crippen LogP contribution in [0.3, 0.4) is 0 Å². The Balaban J connectivity index is 1.78. The minimum Gasteiger partial charge on any atom is -0.338 e. The van der Waals surface area contributed by atoms with E-state index in [1.807, 2.05) is 0 Å². The van der Waals surface area contributed by atoms with Crippen LogP contribution in [0.15, 0.2) is 18.2 Å². The Kier molecular flexibility index (Phi) is 4.62. The van der Waals surface area contributed by atoms with E-state index >= 15 is 0 Å². The summed E-state index contributed by atoms with van der Waals surface area (Å²) in [5, 5.41) is 3.23. The van der Waals surface area contributed by atoms with E-state index in [2.05, 4.69) is 5.32 Å². The number of hydrogen-bond acceptors (Lipinski definition) is 2. The van der Waals surface area contributed by atoms with Crippen LogP contribution in [0.25, 0.3) is 0 Å². The molecular formula is C17H21F3N2O. The number of nitrogens with zero attached hydrogens (tertiary/aromatic N) is 1. The molecule has 23 heavy (non-hydrogen) atoms. The summed E-state index contributed by atoms with van der Waals surface area (Å²) in [6.07, 6.45) is 0.970. The van der Waals surface area contributed by atoms with Gasteiger partial charge in [0.1, 0.15) is 5.82 Å². The maximum atomic E-state index is 14.8. The lowest BCUT2D eigenvalue weighted by atomic mass is 9.88. The number of alkyl halides is 2. The third-order valence-corrected chi connectivity index (χ3v) is 4.82. The van der Waals surface area contributed by atoms with Crippen molar-refractivity contribution in [1.29, 1.82) is 0 Å². The van der Waals surface area contributed by atoms with Crippen molar-refractivity contribution in [2.24, 2.45) is 0 Å². The topological polar surface area (TPSA) is 32.3 Å². The lowest BCUT2D eigenvalue weighted by Crippen LogP contribution is -2.43. The highest BCUT2D eigenvalue weighted by atomic mass is 19.3. The van der Waals surface area contributed by atoms with Crippen molar-refractivity contribution in [2.75, 3.05) is 26.2 Å². The number of hydrogen-bond donors (Lipinski definition) is 1. The van der Waals surface area contributed by atoms with Crippen LogP contribution in [-0.2, 0) is 0 Å². The van der Waals surface area contributed by atoms with Crippen LogP contribution < -0.4 is 5.32 Å². The number of halogens is 3. The fourth-order valence-corrected chi connectivity index (χ4v) is 3.37. The minimum atomic E-state index is -2.72. The number of benzene rings is 1. The molecule has 1 amide bonds. The molecule has 0 radical (unpaired) electrons. The van der Waals surface area contributed by atoms with E-state index in [4.69, 9.17) is 0 Å². The van der Waals surface area contributed by atoms with E-state index in [1.54, 1.807) is 12.1 Å². The molecule has 2 aliphatic rings. The first-order valence-corrected chi connectivity index (χ1v) is 8.14. The number of piperidine rings is 2. The van der Waals surface area contributed by atoms with E-state index in [1.165, 1.54) is 11.0 Å². The average molecular weight is 326 g/mol. The Morgan fingerprint density at radius 3 is 2.48 bits per heavy atom. The summed E-state index contributed by atoms with van der Waals surface area (Å²) in [6.45, 7) is 1.62. The quantitative estimate of drug-likeness (QED) is 0.905. The molecule has 2 heterocycles. The second-order valence-electron chi connectivity index (χ2n) is 6.38. The normalized spacial score (nSPS) is 22.1. The Hall–Kier alpha value is -1.56. The highest BCUT2D eigenvalue weighted by molar-refractivity contribution is 5.94. The van der Waals surface area contributed by atoms with Crippen molar-refractivity contribution in [3.8, 4) is 0 Å². The van der Waals surface area contributed by atoms with Gasteiger partial charge in [0, 0.05) is 25.9 Å². The Morgan fingerprint density at radius 1 is 1.17 bits per heavy atom. The van der Waals surface area contributed by atoms with E-state index in [0.29, 0.717) is 5.56 Å². The molecule has 126 valence electrons. The molecule has 1 aromatic rings. The van der Waals surface area contributed by atoms with Crippen molar-refractivity contribution in [3.05, 3.63) is 35.1 Å². The molecule has 0 aliphatic carbocycles. The average Bonchev–Trinajstić information content (AvgIpc) is 2.55. The molecule has 0 aromatic heterocycles. The minimum absolute atomic E-state index is 0.00579. The van der Waals surface area contributed by atoms with Gasteiger partial charge >= 0.3 is 0 Å². The van der Waals surface area contributed by atoms with Gasteiger partial charge in [0.15, 0.2) is 0 Å². The van der Waals surface area contributed by atoms with Gasteiger partial charge in [0.05, 0.1) is 5.56 Å². The fraction of sp³-hybridized carbons (Fsp3) is 0.588. The molecule has 0 atom stereocenters. The summed E-state index contributed by atoms with van der Waals surface area (Å²) in [5.74, 6) is -3.57. The SMILES string of the molecule is O=C(c1cccc(C2CCNCC2)c1F)N1CCC(F)(F)CC1. The van der Waals surface area contributed by atoms with Crippen molar-refractivity contribution < 1.29 is 18.0 Å². The lowest BCUT2D eigenvalue weighted by Gasteiger charge is -2.32. The summed E-state index contributed by atoms with van der Waals surface area (Å²) in [5.41, 5.74) is 0.575. The first kappa shape index (κ1) is 16.3. The van der Waals surface area contributed by atoms with Gasteiger partial charge in [-0.1, -0.05) is 12.1 Å². The molecule has 0 bridgehead atoms. The lowest BCUT2D eigenvalue weighted by molar-refractivity contribution is -0.0494. The second-order valence-corrected chi connectivity index (χ2v) is 6.38. The largest absolute Gasteiger partial charge is 0.338 e. The molecule has 1 aromatic carbocycles. The van der Waals surface area contributed by atoms with Gasteiger partial charge in [-0.25, -0.2) is 13.2 Å². The van der Waals surface area contributed by atoms with E-state index in [9.17, 15) is 18.0 Å². The monoisotopic (exact) mass is 326 g/mol. The smallest absolute Gasteiger partial charge is 0.256 e. The van der Waals surface area contributed by atoms with Crippen LogP contribution in [0.1, 0.15) is 47.5 Å². The summed E-state index contributed by atoms with van der Waals surface area (Å²) >= 11 is 0. The van der Waals surface area contributed by atoms with Crippen molar-refractivity contribution in [2.45, 2.75) is 37.5 Å². The Bertz CT molecular complexity index is 575. The Morgan fingerprint density at radius 2 is 1.83 bits per heavy atom. The molecule has 2 saturated heterocycles. The number of nitrogens with one attached hydrogen (secondary N) is 1. The van der Waals surface area contributed by atoms with E-state index in [-0.39, 0.29) is 37.4 Å². The van der Waals surface area contributed by atoms with Gasteiger partial charge < -0.3 is 10.2 Å². The van der Waals surface area contributed by atoms with E-state index < -0.39 is 17.6 Å². The highest BCUT2D eigenvalue weighted by Gasteiger charge is 2.36.